The third-order valence-corrected chi connectivity index (χ3v) is 4.80. The molecular weight excluding hydrogens is 299 g/mol. The van der Waals surface area contributed by atoms with Crippen LogP contribution in [0.1, 0.15) is 50.1 Å². The summed E-state index contributed by atoms with van der Waals surface area (Å²) in [7, 11) is 0. The number of rotatable bonds is 3. The number of halogens is 1. The van der Waals surface area contributed by atoms with E-state index in [0.717, 1.165) is 32.1 Å². The first-order chi connectivity index (χ1) is 11.1. The molecule has 0 radical (unpaired) electrons. The second-order valence-corrected chi connectivity index (χ2v) is 6.45. The molecule has 3 rings (SSSR count). The predicted octanol–water partition coefficient (Wildman–Crippen LogP) is 2.64. The van der Waals surface area contributed by atoms with Gasteiger partial charge < -0.3 is 20.5 Å². The molecule has 1 aromatic carbocycles. The fourth-order valence-corrected chi connectivity index (χ4v) is 3.53. The number of aliphatic hydroxyl groups excluding tert-OH is 1. The number of carbonyl (C=O) groups excluding carboxylic acids is 1. The van der Waals surface area contributed by atoms with Crippen molar-refractivity contribution in [2.45, 2.75) is 50.1 Å². The predicted molar refractivity (Wildman–Crippen MR) is 83.8 cm³/mol. The molecule has 1 aliphatic heterocycles. The molecule has 0 aromatic heterocycles. The topological polar surface area (TPSA) is 70.6 Å². The van der Waals surface area contributed by atoms with E-state index in [-0.39, 0.29) is 24.4 Å². The van der Waals surface area contributed by atoms with Gasteiger partial charge in [0.1, 0.15) is 0 Å². The highest BCUT2D eigenvalue weighted by atomic mass is 19.1. The van der Waals surface area contributed by atoms with Gasteiger partial charge in [0, 0.05) is 5.56 Å². The van der Waals surface area contributed by atoms with Gasteiger partial charge >= 0.3 is 6.03 Å². The van der Waals surface area contributed by atoms with Gasteiger partial charge in [-0.15, -0.1) is 0 Å². The minimum absolute atomic E-state index is 0.0561. The lowest BCUT2D eigenvalue weighted by molar-refractivity contribution is 0.161. The molecule has 3 N–H and O–H groups in total. The maximum Gasteiger partial charge on any atom is 0.315 e. The normalized spacial score (nSPS) is 22.6. The van der Waals surface area contributed by atoms with Crippen LogP contribution in [0.15, 0.2) is 18.2 Å². The van der Waals surface area contributed by atoms with Gasteiger partial charge in [-0.25, -0.2) is 9.18 Å². The molecule has 1 fully saturated rings. The first-order valence-electron chi connectivity index (χ1n) is 8.24. The standard InChI is InChI=1S/C17H23FN2O3/c18-13-6-3-5-12-14(7-4-10-23-15(12)13)19-16(22)20-17(11-21)8-1-2-9-17/h3,5-6,14,21H,1-2,4,7-11H2,(H2,19,20,22). The summed E-state index contributed by atoms with van der Waals surface area (Å²) in [5.41, 5.74) is 0.151. The van der Waals surface area contributed by atoms with Crippen molar-refractivity contribution in [3.8, 4) is 5.75 Å². The monoisotopic (exact) mass is 322 g/mol. The van der Waals surface area contributed by atoms with E-state index in [4.69, 9.17) is 4.74 Å². The van der Waals surface area contributed by atoms with Gasteiger partial charge in [-0.3, -0.25) is 0 Å². The summed E-state index contributed by atoms with van der Waals surface area (Å²) in [6.45, 7) is 0.383. The Morgan fingerprint density at radius 3 is 2.87 bits per heavy atom. The van der Waals surface area contributed by atoms with Gasteiger partial charge in [-0.2, -0.15) is 0 Å². The number of ether oxygens (including phenoxy) is 1. The number of aliphatic hydroxyl groups is 1. The SMILES string of the molecule is O=C(NC1CCCOc2c(F)cccc21)NC1(CO)CCCC1. The number of urea groups is 1. The second kappa shape index (κ2) is 6.74. The van der Waals surface area contributed by atoms with Crippen molar-refractivity contribution in [3.05, 3.63) is 29.6 Å². The van der Waals surface area contributed by atoms with Crippen LogP contribution in [0, 0.1) is 5.82 Å². The number of hydrogen-bond acceptors (Lipinski definition) is 3. The van der Waals surface area contributed by atoms with Crippen LogP contribution >= 0.6 is 0 Å². The molecule has 1 aliphatic carbocycles. The van der Waals surface area contributed by atoms with Crippen molar-refractivity contribution in [3.63, 3.8) is 0 Å². The summed E-state index contributed by atoms with van der Waals surface area (Å²) < 4.78 is 19.4. The molecule has 2 amide bonds. The molecule has 5 nitrogen and oxygen atoms in total. The van der Waals surface area contributed by atoms with E-state index < -0.39 is 11.4 Å². The van der Waals surface area contributed by atoms with E-state index in [1.54, 1.807) is 12.1 Å². The quantitative estimate of drug-likeness (QED) is 0.801. The van der Waals surface area contributed by atoms with Crippen molar-refractivity contribution in [1.82, 2.24) is 10.6 Å². The zero-order chi connectivity index (χ0) is 16.3. The molecule has 1 heterocycles. The molecule has 0 bridgehead atoms. The Labute approximate surface area is 135 Å². The lowest BCUT2D eigenvalue weighted by Gasteiger charge is -2.29. The summed E-state index contributed by atoms with van der Waals surface area (Å²) in [4.78, 5) is 12.4. The first kappa shape index (κ1) is 16.1. The summed E-state index contributed by atoms with van der Waals surface area (Å²) >= 11 is 0. The van der Waals surface area contributed by atoms with E-state index in [0.29, 0.717) is 18.6 Å². The number of para-hydroxylation sites is 1. The van der Waals surface area contributed by atoms with Gasteiger partial charge in [-0.05, 0) is 31.7 Å². The molecule has 23 heavy (non-hydrogen) atoms. The third-order valence-electron chi connectivity index (χ3n) is 4.80. The Morgan fingerprint density at radius 2 is 2.13 bits per heavy atom. The van der Waals surface area contributed by atoms with E-state index in [9.17, 15) is 14.3 Å². The average Bonchev–Trinajstić information content (AvgIpc) is 2.90. The van der Waals surface area contributed by atoms with Gasteiger partial charge in [0.05, 0.1) is 24.8 Å². The molecule has 0 saturated heterocycles. The minimum Gasteiger partial charge on any atom is -0.490 e. The van der Waals surface area contributed by atoms with Crippen LogP contribution in [0.2, 0.25) is 0 Å². The van der Waals surface area contributed by atoms with Crippen LogP contribution in [0.4, 0.5) is 9.18 Å². The van der Waals surface area contributed by atoms with Crippen molar-refractivity contribution in [1.29, 1.82) is 0 Å². The van der Waals surface area contributed by atoms with Crippen LogP contribution in [-0.2, 0) is 0 Å². The Balaban J connectivity index is 1.72. The first-order valence-corrected chi connectivity index (χ1v) is 8.24. The molecule has 1 atom stereocenters. The average molecular weight is 322 g/mol. The zero-order valence-corrected chi connectivity index (χ0v) is 13.1. The Bertz CT molecular complexity index is 573. The van der Waals surface area contributed by atoms with Crippen molar-refractivity contribution < 1.29 is 19.0 Å². The van der Waals surface area contributed by atoms with Crippen molar-refractivity contribution in [2.75, 3.05) is 13.2 Å². The van der Waals surface area contributed by atoms with Crippen molar-refractivity contribution >= 4 is 6.03 Å². The lowest BCUT2D eigenvalue weighted by atomic mass is 9.99. The highest BCUT2D eigenvalue weighted by Crippen LogP contribution is 2.34. The largest absolute Gasteiger partial charge is 0.490 e. The number of nitrogens with one attached hydrogen (secondary N) is 2. The number of hydrogen-bond donors (Lipinski definition) is 3. The molecule has 1 aromatic rings. The summed E-state index contributed by atoms with van der Waals surface area (Å²) in [6, 6.07) is 4.16. The van der Waals surface area contributed by atoms with Crippen LogP contribution in [0.25, 0.3) is 0 Å². The molecular formula is C17H23FN2O3. The number of fused-ring (bicyclic) bond motifs is 1. The Kier molecular flexibility index (Phi) is 4.71. The van der Waals surface area contributed by atoms with Crippen LogP contribution in [0.3, 0.4) is 0 Å². The minimum atomic E-state index is -0.518. The highest BCUT2D eigenvalue weighted by Gasteiger charge is 2.35. The smallest absolute Gasteiger partial charge is 0.315 e. The number of carbonyl (C=O) groups is 1. The zero-order valence-electron chi connectivity index (χ0n) is 13.1. The Morgan fingerprint density at radius 1 is 1.35 bits per heavy atom. The van der Waals surface area contributed by atoms with Crippen LogP contribution in [0.5, 0.6) is 5.75 Å². The summed E-state index contributed by atoms with van der Waals surface area (Å²) in [5, 5.41) is 15.4. The van der Waals surface area contributed by atoms with Gasteiger partial charge in [0.2, 0.25) is 0 Å². The number of amides is 2. The highest BCUT2D eigenvalue weighted by molar-refractivity contribution is 5.75. The fraction of sp³-hybridized carbons (Fsp3) is 0.588. The van der Waals surface area contributed by atoms with E-state index in [1.165, 1.54) is 6.07 Å². The number of benzene rings is 1. The maximum atomic E-state index is 13.9. The third kappa shape index (κ3) is 3.42. The molecule has 2 aliphatic rings. The van der Waals surface area contributed by atoms with Crippen LogP contribution in [-0.4, -0.2) is 29.9 Å². The fourth-order valence-electron chi connectivity index (χ4n) is 3.53. The van der Waals surface area contributed by atoms with E-state index in [2.05, 4.69) is 10.6 Å². The Hall–Kier alpha value is -1.82. The van der Waals surface area contributed by atoms with Gasteiger partial charge in [-0.1, -0.05) is 25.0 Å². The van der Waals surface area contributed by atoms with Gasteiger partial charge in [0.25, 0.3) is 0 Å². The van der Waals surface area contributed by atoms with Crippen molar-refractivity contribution in [2.24, 2.45) is 0 Å². The lowest BCUT2D eigenvalue weighted by Crippen LogP contribution is -2.53. The summed E-state index contributed by atoms with van der Waals surface area (Å²) in [5.74, 6) is -0.174. The maximum absolute atomic E-state index is 13.9. The molecule has 6 heteroatoms. The molecule has 0 spiro atoms. The summed E-state index contributed by atoms with van der Waals surface area (Å²) in [6.07, 6.45) is 5.02. The molecule has 1 unspecified atom stereocenters. The van der Waals surface area contributed by atoms with E-state index >= 15 is 0 Å². The van der Waals surface area contributed by atoms with Crippen LogP contribution < -0.4 is 15.4 Å². The molecule has 126 valence electrons. The van der Waals surface area contributed by atoms with Gasteiger partial charge in [0.15, 0.2) is 11.6 Å². The second-order valence-electron chi connectivity index (χ2n) is 6.45. The molecule has 1 saturated carbocycles. The van der Waals surface area contributed by atoms with E-state index in [1.807, 2.05) is 0 Å².